The Morgan fingerprint density at radius 3 is 2.62 bits per heavy atom. The number of carbonyl (C=O) groups excluding carboxylic acids is 1. The molecule has 1 aliphatic heterocycles. The second-order valence-electron chi connectivity index (χ2n) is 5.12. The number of hydrogen-bond donors (Lipinski definition) is 1. The molecule has 1 aromatic rings. The number of aliphatic carboxylic acids is 1. The van der Waals surface area contributed by atoms with Crippen LogP contribution < -0.4 is 0 Å². The van der Waals surface area contributed by atoms with Crippen LogP contribution >= 0.6 is 24.0 Å². The van der Waals surface area contributed by atoms with E-state index in [0.717, 1.165) is 17.5 Å². The van der Waals surface area contributed by atoms with Gasteiger partial charge < -0.3 is 9.67 Å². The summed E-state index contributed by atoms with van der Waals surface area (Å²) in [5, 5.41) is 9.34. The number of carbonyl (C=O) groups is 2. The summed E-state index contributed by atoms with van der Waals surface area (Å²) in [5.41, 5.74) is 0.868. The van der Waals surface area contributed by atoms with Crippen LogP contribution in [0, 0.1) is 5.92 Å². The van der Waals surface area contributed by atoms with E-state index < -0.39 is 12.0 Å². The Balaban J connectivity index is 2.34. The van der Waals surface area contributed by atoms with Crippen LogP contribution in [0.25, 0.3) is 6.08 Å². The smallest absolute Gasteiger partial charge is 0.327 e. The van der Waals surface area contributed by atoms with Gasteiger partial charge in [0.1, 0.15) is 10.4 Å². The first kappa shape index (κ1) is 15.8. The molecular weight excluding hydrogens is 308 g/mol. The van der Waals surface area contributed by atoms with Gasteiger partial charge in [-0.25, -0.2) is 4.79 Å². The van der Waals surface area contributed by atoms with E-state index in [1.54, 1.807) is 19.9 Å². The Bertz CT molecular complexity index is 634. The summed E-state index contributed by atoms with van der Waals surface area (Å²) in [7, 11) is 1.88. The molecule has 7 heteroatoms. The van der Waals surface area contributed by atoms with Gasteiger partial charge in [-0.2, -0.15) is 0 Å². The second-order valence-corrected chi connectivity index (χ2v) is 6.80. The lowest BCUT2D eigenvalue weighted by atomic mass is 10.0. The van der Waals surface area contributed by atoms with Gasteiger partial charge in [0.25, 0.3) is 5.91 Å². The quantitative estimate of drug-likeness (QED) is 0.680. The fourth-order valence-electron chi connectivity index (χ4n) is 2.17. The normalized spacial score (nSPS) is 18.9. The Morgan fingerprint density at radius 1 is 1.48 bits per heavy atom. The van der Waals surface area contributed by atoms with Crippen molar-refractivity contribution in [3.63, 3.8) is 0 Å². The van der Waals surface area contributed by atoms with Crippen molar-refractivity contribution in [1.82, 2.24) is 9.47 Å². The number of nitrogens with zero attached hydrogens (tertiary/aromatic N) is 2. The van der Waals surface area contributed by atoms with Crippen LogP contribution in [-0.2, 0) is 16.6 Å². The molecule has 1 aliphatic rings. The van der Waals surface area contributed by atoms with Crippen LogP contribution in [0.2, 0.25) is 0 Å². The molecule has 0 aliphatic carbocycles. The van der Waals surface area contributed by atoms with Gasteiger partial charge in [0.05, 0.1) is 4.91 Å². The number of carboxylic acids is 1. The van der Waals surface area contributed by atoms with Crippen LogP contribution in [0.3, 0.4) is 0 Å². The van der Waals surface area contributed by atoms with Crippen LogP contribution in [0.5, 0.6) is 0 Å². The number of rotatable bonds is 4. The summed E-state index contributed by atoms with van der Waals surface area (Å²) in [6.45, 7) is 3.52. The zero-order valence-corrected chi connectivity index (χ0v) is 13.6. The molecule has 0 aromatic carbocycles. The lowest BCUT2D eigenvalue weighted by molar-refractivity contribution is -0.146. The molecule has 1 amide bonds. The van der Waals surface area contributed by atoms with Gasteiger partial charge in [-0.1, -0.05) is 37.8 Å². The van der Waals surface area contributed by atoms with Crippen molar-refractivity contribution < 1.29 is 14.7 Å². The van der Waals surface area contributed by atoms with Crippen molar-refractivity contribution >= 4 is 46.3 Å². The first-order valence-electron chi connectivity index (χ1n) is 6.44. The maximum atomic E-state index is 12.5. The van der Waals surface area contributed by atoms with Gasteiger partial charge in [0.2, 0.25) is 0 Å². The number of aryl methyl sites for hydroxylation is 1. The third kappa shape index (κ3) is 3.03. The van der Waals surface area contributed by atoms with Gasteiger partial charge in [0.15, 0.2) is 0 Å². The SMILES string of the molecule is CC(C)[C@H](C(=O)O)N1C(=O)/C(=C/c2cccn2C)SC1=S. The Hall–Kier alpha value is -1.60. The molecule has 0 saturated carbocycles. The molecule has 0 spiro atoms. The standard InChI is InChI=1S/C14H16N2O3S2/c1-8(2)11(13(18)19)16-12(17)10(21-14(16)20)7-9-5-4-6-15(9)3/h4-8,11H,1-3H3,(H,18,19)/b10-7-/t11-/m1/s1. The highest BCUT2D eigenvalue weighted by atomic mass is 32.2. The molecule has 0 unspecified atom stereocenters. The summed E-state index contributed by atoms with van der Waals surface area (Å²) in [4.78, 5) is 25.6. The molecule has 2 rings (SSSR count). The highest BCUT2D eigenvalue weighted by Crippen LogP contribution is 2.35. The number of thiocarbonyl (C=S) groups is 1. The maximum absolute atomic E-state index is 12.5. The Labute approximate surface area is 132 Å². The lowest BCUT2D eigenvalue weighted by Gasteiger charge is -2.26. The van der Waals surface area contributed by atoms with E-state index in [2.05, 4.69) is 0 Å². The first-order valence-corrected chi connectivity index (χ1v) is 7.66. The molecular formula is C14H16N2O3S2. The van der Waals surface area contributed by atoms with Crippen molar-refractivity contribution in [1.29, 1.82) is 0 Å². The molecule has 1 saturated heterocycles. The molecule has 112 valence electrons. The van der Waals surface area contributed by atoms with Crippen molar-refractivity contribution in [2.75, 3.05) is 0 Å². The maximum Gasteiger partial charge on any atom is 0.327 e. The zero-order chi connectivity index (χ0) is 15.7. The van der Waals surface area contributed by atoms with E-state index >= 15 is 0 Å². The van der Waals surface area contributed by atoms with Crippen LogP contribution in [0.1, 0.15) is 19.5 Å². The van der Waals surface area contributed by atoms with Crippen molar-refractivity contribution in [2.45, 2.75) is 19.9 Å². The minimum absolute atomic E-state index is 0.223. The van der Waals surface area contributed by atoms with Gasteiger partial charge in [-0.3, -0.25) is 9.69 Å². The minimum Gasteiger partial charge on any atom is -0.480 e. The number of hydrogen-bond acceptors (Lipinski definition) is 4. The predicted octanol–water partition coefficient (Wildman–Crippen LogP) is 2.34. The van der Waals surface area contributed by atoms with Gasteiger partial charge in [-0.05, 0) is 24.1 Å². The van der Waals surface area contributed by atoms with Crippen molar-refractivity contribution in [3.8, 4) is 0 Å². The van der Waals surface area contributed by atoms with E-state index in [-0.39, 0.29) is 11.8 Å². The largest absolute Gasteiger partial charge is 0.480 e. The molecule has 1 aromatic heterocycles. The number of amides is 1. The molecule has 0 bridgehead atoms. The second kappa shape index (κ2) is 6.03. The summed E-state index contributed by atoms with van der Waals surface area (Å²) in [6.07, 6.45) is 3.61. The molecule has 0 radical (unpaired) electrons. The summed E-state index contributed by atoms with van der Waals surface area (Å²) in [5.74, 6) is -1.60. The summed E-state index contributed by atoms with van der Waals surface area (Å²) in [6, 6.07) is 2.82. The lowest BCUT2D eigenvalue weighted by Crippen LogP contribution is -2.47. The third-order valence-electron chi connectivity index (χ3n) is 3.25. The van der Waals surface area contributed by atoms with Gasteiger partial charge in [-0.15, -0.1) is 0 Å². The predicted molar refractivity (Wildman–Crippen MR) is 86.7 cm³/mol. The van der Waals surface area contributed by atoms with E-state index in [4.69, 9.17) is 12.2 Å². The number of carboxylic acid groups (broad SMARTS) is 1. The van der Waals surface area contributed by atoms with E-state index in [9.17, 15) is 14.7 Å². The van der Waals surface area contributed by atoms with Crippen LogP contribution in [0.15, 0.2) is 23.2 Å². The summed E-state index contributed by atoms with van der Waals surface area (Å²) >= 11 is 6.34. The number of aromatic nitrogens is 1. The van der Waals surface area contributed by atoms with Crippen LogP contribution in [0.4, 0.5) is 0 Å². The topological polar surface area (TPSA) is 62.5 Å². The van der Waals surface area contributed by atoms with Crippen molar-refractivity contribution in [3.05, 3.63) is 28.9 Å². The molecule has 21 heavy (non-hydrogen) atoms. The average Bonchev–Trinajstić information content (AvgIpc) is 2.88. The average molecular weight is 324 g/mol. The third-order valence-corrected chi connectivity index (χ3v) is 4.58. The molecule has 1 fully saturated rings. The molecule has 2 heterocycles. The monoisotopic (exact) mass is 324 g/mol. The van der Waals surface area contributed by atoms with Gasteiger partial charge in [0, 0.05) is 18.9 Å². The first-order chi connectivity index (χ1) is 9.82. The van der Waals surface area contributed by atoms with Crippen LogP contribution in [-0.4, -0.2) is 36.8 Å². The Kier molecular flexibility index (Phi) is 4.53. The van der Waals surface area contributed by atoms with Gasteiger partial charge >= 0.3 is 5.97 Å². The van der Waals surface area contributed by atoms with E-state index in [1.165, 1.54) is 4.90 Å². The highest BCUT2D eigenvalue weighted by molar-refractivity contribution is 8.26. The fourth-order valence-corrected chi connectivity index (χ4v) is 3.49. The molecule has 1 atom stereocenters. The Morgan fingerprint density at radius 2 is 2.14 bits per heavy atom. The van der Waals surface area contributed by atoms with E-state index in [0.29, 0.717) is 9.23 Å². The van der Waals surface area contributed by atoms with E-state index in [1.807, 2.05) is 29.9 Å². The highest BCUT2D eigenvalue weighted by Gasteiger charge is 2.41. The molecule has 1 N–H and O–H groups in total. The summed E-state index contributed by atoms with van der Waals surface area (Å²) < 4.78 is 2.17. The minimum atomic E-state index is -1.04. The molecule has 5 nitrogen and oxygen atoms in total. The van der Waals surface area contributed by atoms with Crippen molar-refractivity contribution in [2.24, 2.45) is 13.0 Å². The number of thioether (sulfide) groups is 1. The fraction of sp³-hybridized carbons (Fsp3) is 0.357. The zero-order valence-electron chi connectivity index (χ0n) is 11.9.